The van der Waals surface area contributed by atoms with Gasteiger partial charge >= 0.3 is 88.4 Å². The van der Waals surface area contributed by atoms with Crippen molar-refractivity contribution < 1.29 is 0 Å². The molecule has 64 valence electrons. The third kappa shape index (κ3) is 2.64. The van der Waals surface area contributed by atoms with Gasteiger partial charge in [0.1, 0.15) is 0 Å². The van der Waals surface area contributed by atoms with Crippen molar-refractivity contribution in [1.29, 1.82) is 0 Å². The number of hydrogen-bond acceptors (Lipinski definition) is 1. The third-order valence-electron chi connectivity index (χ3n) is 1.84. The van der Waals surface area contributed by atoms with Gasteiger partial charge in [0.15, 0.2) is 0 Å². The van der Waals surface area contributed by atoms with Gasteiger partial charge in [-0.15, -0.1) is 0 Å². The predicted octanol–water partition coefficient (Wildman–Crippen LogP) is 2.43. The van der Waals surface area contributed by atoms with Crippen LogP contribution in [0.25, 0.3) is 0 Å². The topological polar surface area (TPSA) is 0 Å². The molecule has 0 saturated heterocycles. The van der Waals surface area contributed by atoms with Crippen LogP contribution in [0.5, 0.6) is 0 Å². The fourth-order valence-corrected chi connectivity index (χ4v) is 2.61. The fourth-order valence-electron chi connectivity index (χ4n) is 1.02. The summed E-state index contributed by atoms with van der Waals surface area (Å²) >= 11 is -0.473. The molecule has 2 heteroatoms. The molecule has 0 heterocycles. The van der Waals surface area contributed by atoms with Gasteiger partial charge in [-0.05, 0) is 0 Å². The molecule has 0 aromatic heterocycles. The number of hydrogen-bond donors (Lipinski definition) is 0. The molecular weight excluding hydrogens is 274 g/mol. The van der Waals surface area contributed by atoms with E-state index in [4.69, 9.17) is 9.19 Å². The molecule has 1 rings (SSSR count). The Bertz CT molecular complexity index is 269. The molecule has 0 aliphatic heterocycles. The van der Waals surface area contributed by atoms with Crippen LogP contribution in [0, 0.1) is 0 Å². The van der Waals surface area contributed by atoms with E-state index in [1.807, 2.05) is 0 Å². The maximum atomic E-state index is 5.11. The van der Waals surface area contributed by atoms with Gasteiger partial charge in [-0.2, -0.15) is 0 Å². The summed E-state index contributed by atoms with van der Waals surface area (Å²) in [6.45, 7) is 6.69. The van der Waals surface area contributed by atoms with Crippen molar-refractivity contribution in [1.82, 2.24) is 0 Å². The van der Waals surface area contributed by atoms with Crippen molar-refractivity contribution in [2.24, 2.45) is 0 Å². The average Bonchev–Trinajstić information content (AvgIpc) is 2.03. The van der Waals surface area contributed by atoms with Crippen molar-refractivity contribution in [3.8, 4) is 0 Å². The molecule has 1 aromatic carbocycles. The van der Waals surface area contributed by atoms with Crippen molar-refractivity contribution in [2.75, 3.05) is 0 Å². The molecule has 0 aliphatic rings. The summed E-state index contributed by atoms with van der Waals surface area (Å²) in [7, 11) is 5.11. The van der Waals surface area contributed by atoms with Crippen LogP contribution in [0.1, 0.15) is 26.3 Å². The maximum absolute atomic E-state index is 5.11. The standard InChI is InChI=1S/C10H13.S.Sb/c1-10(2,3)9-7-5-4-6-8-9;;/h5-8H,1-3H3;;. The third-order valence-corrected chi connectivity index (χ3v) is 4.71. The Hall–Kier alpha value is 0.258. The Labute approximate surface area is 88.0 Å². The van der Waals surface area contributed by atoms with Crippen LogP contribution in [0.3, 0.4) is 0 Å². The van der Waals surface area contributed by atoms with Crippen molar-refractivity contribution >= 4 is 32.4 Å². The Morgan fingerprint density at radius 3 is 1.92 bits per heavy atom. The van der Waals surface area contributed by atoms with Crippen LogP contribution >= 0.6 is 9.19 Å². The molecule has 0 amide bonds. The zero-order chi connectivity index (χ0) is 9.19. The van der Waals surface area contributed by atoms with Crippen LogP contribution in [0.15, 0.2) is 24.3 Å². The van der Waals surface area contributed by atoms with E-state index in [9.17, 15) is 0 Å². The minimum absolute atomic E-state index is 0.267. The van der Waals surface area contributed by atoms with Crippen LogP contribution in [-0.2, 0) is 5.41 Å². The van der Waals surface area contributed by atoms with E-state index in [0.717, 1.165) is 0 Å². The first-order chi connectivity index (χ1) is 5.54. The molecule has 0 atom stereocenters. The average molecular weight is 287 g/mol. The molecule has 0 N–H and O–H groups in total. The summed E-state index contributed by atoms with van der Waals surface area (Å²) in [6, 6.07) is 8.78. The second-order valence-corrected chi connectivity index (χ2v) is 7.11. The Morgan fingerprint density at radius 2 is 1.58 bits per heavy atom. The number of rotatable bonds is 1. The summed E-state index contributed by atoms with van der Waals surface area (Å²) in [5.41, 5.74) is 1.66. The van der Waals surface area contributed by atoms with Gasteiger partial charge in [-0.3, -0.25) is 0 Å². The van der Waals surface area contributed by atoms with Gasteiger partial charge in [-0.25, -0.2) is 0 Å². The van der Waals surface area contributed by atoms with Crippen molar-refractivity contribution in [3.63, 3.8) is 0 Å². The second kappa shape index (κ2) is 3.98. The Morgan fingerprint density at radius 1 is 1.08 bits per heavy atom. The van der Waals surface area contributed by atoms with Crippen LogP contribution in [-0.4, -0.2) is 19.7 Å². The van der Waals surface area contributed by atoms with Crippen LogP contribution in [0.2, 0.25) is 0 Å². The van der Waals surface area contributed by atoms with Gasteiger partial charge < -0.3 is 0 Å². The molecule has 0 saturated carbocycles. The van der Waals surface area contributed by atoms with E-state index < -0.39 is 19.7 Å². The quantitative estimate of drug-likeness (QED) is 0.715. The Kier molecular flexibility index (Phi) is 3.43. The normalized spacial score (nSPS) is 11.2. The van der Waals surface area contributed by atoms with Gasteiger partial charge in [0.2, 0.25) is 0 Å². The Balaban J connectivity index is 3.00. The zero-order valence-corrected chi connectivity index (χ0v) is 11.0. The van der Waals surface area contributed by atoms with Gasteiger partial charge in [0.05, 0.1) is 0 Å². The SMILES string of the molecule is CC(C)(C)c1cc[c]([Sb]=[S])cc1. The molecule has 0 fully saturated rings. The molecule has 0 spiro atoms. The van der Waals surface area contributed by atoms with E-state index >= 15 is 0 Å². The fraction of sp³-hybridized carbons (Fsp3) is 0.400. The molecule has 1 aromatic rings. The van der Waals surface area contributed by atoms with Crippen LogP contribution < -0.4 is 3.51 Å². The predicted molar refractivity (Wildman–Crippen MR) is 58.1 cm³/mol. The number of benzene rings is 1. The molecule has 0 nitrogen and oxygen atoms in total. The van der Waals surface area contributed by atoms with Crippen LogP contribution in [0.4, 0.5) is 0 Å². The monoisotopic (exact) mass is 286 g/mol. The molecule has 0 bridgehead atoms. The van der Waals surface area contributed by atoms with Crippen molar-refractivity contribution in [2.45, 2.75) is 26.2 Å². The van der Waals surface area contributed by atoms with Gasteiger partial charge in [0.25, 0.3) is 0 Å². The molecule has 0 unspecified atom stereocenters. The minimum atomic E-state index is -0.473. The van der Waals surface area contributed by atoms with E-state index in [0.29, 0.717) is 0 Å². The van der Waals surface area contributed by atoms with Crippen molar-refractivity contribution in [3.05, 3.63) is 29.8 Å². The van der Waals surface area contributed by atoms with Gasteiger partial charge in [0, 0.05) is 0 Å². The first-order valence-electron chi connectivity index (χ1n) is 3.98. The molecule has 0 aliphatic carbocycles. The van der Waals surface area contributed by atoms with E-state index in [1.54, 1.807) is 0 Å². The zero-order valence-electron chi connectivity index (χ0n) is 7.66. The molecular formula is C10H13SSb. The molecule has 12 heavy (non-hydrogen) atoms. The summed E-state index contributed by atoms with van der Waals surface area (Å²) < 4.78 is 1.38. The van der Waals surface area contributed by atoms with E-state index in [2.05, 4.69) is 45.0 Å². The summed E-state index contributed by atoms with van der Waals surface area (Å²) in [6.07, 6.45) is 0. The van der Waals surface area contributed by atoms with E-state index in [-0.39, 0.29) is 5.41 Å². The molecule has 0 radical (unpaired) electrons. The summed E-state index contributed by atoms with van der Waals surface area (Å²) in [5.74, 6) is 0. The first-order valence-corrected chi connectivity index (χ1v) is 8.75. The first kappa shape index (κ1) is 10.3. The second-order valence-electron chi connectivity index (χ2n) is 3.89. The van der Waals surface area contributed by atoms with Gasteiger partial charge in [-0.1, -0.05) is 0 Å². The van der Waals surface area contributed by atoms with E-state index in [1.165, 1.54) is 9.07 Å². The summed E-state index contributed by atoms with van der Waals surface area (Å²) in [5, 5.41) is 0. The summed E-state index contributed by atoms with van der Waals surface area (Å²) in [4.78, 5) is 0.